The Balaban J connectivity index is 1.45. The van der Waals surface area contributed by atoms with Crippen LogP contribution >= 0.6 is 0 Å². The third-order valence-corrected chi connectivity index (χ3v) is 6.26. The second kappa shape index (κ2) is 7.66. The lowest BCUT2D eigenvalue weighted by molar-refractivity contribution is -0.0556. The predicted octanol–water partition coefficient (Wildman–Crippen LogP) is 2.87. The highest BCUT2D eigenvalue weighted by atomic mass is 16.5. The van der Waals surface area contributed by atoms with Gasteiger partial charge in [-0.1, -0.05) is 47.6 Å². The molecule has 2 aromatic carbocycles. The van der Waals surface area contributed by atoms with Crippen LogP contribution < -0.4 is 0 Å². The zero-order chi connectivity index (χ0) is 20.6. The summed E-state index contributed by atoms with van der Waals surface area (Å²) in [7, 11) is 0. The molecule has 1 amide bonds. The number of carbonyl (C=O) groups is 1. The van der Waals surface area contributed by atoms with E-state index in [2.05, 4.69) is 10.1 Å². The molecule has 3 aromatic rings. The molecule has 7 nitrogen and oxygen atoms in total. The number of carbonyl (C=O) groups excluding carboxylic acids is 1. The fourth-order valence-corrected chi connectivity index (χ4v) is 4.54. The Labute approximate surface area is 174 Å². The van der Waals surface area contributed by atoms with Crippen molar-refractivity contribution in [3.8, 4) is 22.8 Å². The van der Waals surface area contributed by atoms with Crippen molar-refractivity contribution in [3.05, 3.63) is 60.2 Å². The summed E-state index contributed by atoms with van der Waals surface area (Å²) >= 11 is 0. The minimum absolute atomic E-state index is 0.0210. The molecular weight excluding hydrogens is 382 g/mol. The van der Waals surface area contributed by atoms with Gasteiger partial charge in [0.15, 0.2) is 0 Å². The van der Waals surface area contributed by atoms with Crippen LogP contribution in [0, 0.1) is 11.3 Å². The van der Waals surface area contributed by atoms with Crippen LogP contribution in [0.2, 0.25) is 0 Å². The molecule has 1 N–H and O–H groups in total. The number of hydrogen-bond acceptors (Lipinski definition) is 6. The first-order valence-electron chi connectivity index (χ1n) is 10.2. The van der Waals surface area contributed by atoms with Crippen LogP contribution in [0.1, 0.15) is 16.8 Å². The quantitative estimate of drug-likeness (QED) is 0.718. The van der Waals surface area contributed by atoms with Crippen LogP contribution in [0.5, 0.6) is 0 Å². The van der Waals surface area contributed by atoms with E-state index in [1.165, 1.54) is 0 Å². The molecular formula is C23H23N3O4. The van der Waals surface area contributed by atoms with Gasteiger partial charge in [-0.05, 0) is 24.5 Å². The molecule has 2 aliphatic rings. The zero-order valence-corrected chi connectivity index (χ0v) is 16.5. The monoisotopic (exact) mass is 405 g/mol. The van der Waals surface area contributed by atoms with E-state index < -0.39 is 0 Å². The average molecular weight is 405 g/mol. The number of rotatable bonds is 4. The number of benzene rings is 2. The van der Waals surface area contributed by atoms with Crippen molar-refractivity contribution >= 4 is 5.91 Å². The lowest BCUT2D eigenvalue weighted by Crippen LogP contribution is -2.43. The zero-order valence-electron chi connectivity index (χ0n) is 16.5. The third-order valence-electron chi connectivity index (χ3n) is 6.26. The topological polar surface area (TPSA) is 88.7 Å². The van der Waals surface area contributed by atoms with Gasteiger partial charge in [-0.25, -0.2) is 0 Å². The van der Waals surface area contributed by atoms with E-state index >= 15 is 0 Å². The van der Waals surface area contributed by atoms with Crippen LogP contribution in [-0.2, 0) is 4.74 Å². The maximum Gasteiger partial charge on any atom is 0.259 e. The standard InChI is InChI=1S/C23H23N3O4/c27-14-23-13-26(12-17(23)10-11-29-15-23)22(28)19-9-5-4-8-18(19)21-24-20(25-30-21)16-6-2-1-3-7-16/h1-9,17,27H,10-15H2/t17-,23+/m0/s1. The van der Waals surface area contributed by atoms with Crippen molar-refractivity contribution in [2.24, 2.45) is 11.3 Å². The lowest BCUT2D eigenvalue weighted by atomic mass is 9.76. The number of ether oxygens (including phenoxy) is 1. The number of likely N-dealkylation sites (tertiary alicyclic amines) is 1. The van der Waals surface area contributed by atoms with E-state index in [1.807, 2.05) is 53.4 Å². The van der Waals surface area contributed by atoms with Crippen molar-refractivity contribution in [2.75, 3.05) is 32.9 Å². The van der Waals surface area contributed by atoms with Crippen LogP contribution in [0.4, 0.5) is 0 Å². The first kappa shape index (κ1) is 19.0. The summed E-state index contributed by atoms with van der Waals surface area (Å²) in [6.45, 7) is 2.29. The molecule has 7 heteroatoms. The Morgan fingerprint density at radius 1 is 1.17 bits per heavy atom. The molecule has 0 unspecified atom stereocenters. The molecule has 0 saturated carbocycles. The van der Waals surface area contributed by atoms with Gasteiger partial charge in [0, 0.05) is 30.7 Å². The summed E-state index contributed by atoms with van der Waals surface area (Å²) in [5.74, 6) is 0.957. The number of aliphatic hydroxyl groups is 1. The SMILES string of the molecule is O=C(c1ccccc1-c1nc(-c2ccccc2)no1)N1C[C@@H]2CCOC[C@]2(CO)C1. The molecule has 154 valence electrons. The highest BCUT2D eigenvalue weighted by Gasteiger charge is 2.49. The molecule has 0 bridgehead atoms. The van der Waals surface area contributed by atoms with E-state index in [1.54, 1.807) is 6.07 Å². The number of nitrogens with zero attached hydrogens (tertiary/aromatic N) is 3. The molecule has 5 rings (SSSR count). The normalized spacial score (nSPS) is 23.4. The largest absolute Gasteiger partial charge is 0.396 e. The summed E-state index contributed by atoms with van der Waals surface area (Å²) in [5, 5.41) is 14.1. The van der Waals surface area contributed by atoms with Gasteiger partial charge in [-0.2, -0.15) is 4.98 Å². The van der Waals surface area contributed by atoms with Crippen LogP contribution in [0.15, 0.2) is 59.1 Å². The molecule has 2 atom stereocenters. The Morgan fingerprint density at radius 3 is 2.77 bits per heavy atom. The first-order chi connectivity index (χ1) is 14.7. The Morgan fingerprint density at radius 2 is 1.97 bits per heavy atom. The van der Waals surface area contributed by atoms with E-state index in [-0.39, 0.29) is 23.8 Å². The Bertz CT molecular complexity index is 1050. The second-order valence-corrected chi connectivity index (χ2v) is 8.08. The summed E-state index contributed by atoms with van der Waals surface area (Å²) in [6.07, 6.45) is 0.857. The number of fused-ring (bicyclic) bond motifs is 1. The lowest BCUT2D eigenvalue weighted by Gasteiger charge is -2.36. The molecule has 0 spiro atoms. The van der Waals surface area contributed by atoms with Gasteiger partial charge in [-0.3, -0.25) is 4.79 Å². The Kier molecular flexibility index (Phi) is 4.84. The van der Waals surface area contributed by atoms with Crippen LogP contribution in [-0.4, -0.2) is 59.0 Å². The van der Waals surface area contributed by atoms with Gasteiger partial charge >= 0.3 is 0 Å². The molecule has 3 heterocycles. The molecule has 0 radical (unpaired) electrons. The van der Waals surface area contributed by atoms with Crippen molar-refractivity contribution in [1.29, 1.82) is 0 Å². The Hall–Kier alpha value is -3.03. The second-order valence-electron chi connectivity index (χ2n) is 8.08. The van der Waals surface area contributed by atoms with E-state index in [9.17, 15) is 9.90 Å². The number of hydrogen-bond donors (Lipinski definition) is 1. The predicted molar refractivity (Wildman–Crippen MR) is 110 cm³/mol. The summed E-state index contributed by atoms with van der Waals surface area (Å²) in [6, 6.07) is 16.9. The smallest absolute Gasteiger partial charge is 0.259 e. The minimum Gasteiger partial charge on any atom is -0.396 e. The first-order valence-corrected chi connectivity index (χ1v) is 10.2. The third kappa shape index (κ3) is 3.20. The maximum atomic E-state index is 13.4. The molecule has 2 fully saturated rings. The van der Waals surface area contributed by atoms with Crippen LogP contribution in [0.3, 0.4) is 0 Å². The number of aromatic nitrogens is 2. The fourth-order valence-electron chi connectivity index (χ4n) is 4.54. The summed E-state index contributed by atoms with van der Waals surface area (Å²) in [4.78, 5) is 19.8. The van der Waals surface area contributed by atoms with E-state index in [0.29, 0.717) is 49.1 Å². The fraction of sp³-hybridized carbons (Fsp3) is 0.348. The van der Waals surface area contributed by atoms with Crippen molar-refractivity contribution in [3.63, 3.8) is 0 Å². The van der Waals surface area contributed by atoms with Gasteiger partial charge in [0.05, 0.1) is 24.3 Å². The van der Waals surface area contributed by atoms with Crippen molar-refractivity contribution in [2.45, 2.75) is 6.42 Å². The summed E-state index contributed by atoms with van der Waals surface area (Å²) in [5.41, 5.74) is 1.62. The molecule has 1 aromatic heterocycles. The highest BCUT2D eigenvalue weighted by Crippen LogP contribution is 2.41. The molecule has 0 aliphatic carbocycles. The van der Waals surface area contributed by atoms with Crippen LogP contribution in [0.25, 0.3) is 22.8 Å². The average Bonchev–Trinajstić information content (AvgIpc) is 3.45. The van der Waals surface area contributed by atoms with Gasteiger partial charge in [0.1, 0.15) is 0 Å². The summed E-state index contributed by atoms with van der Waals surface area (Å²) < 4.78 is 11.1. The van der Waals surface area contributed by atoms with Gasteiger partial charge in [0.25, 0.3) is 11.8 Å². The van der Waals surface area contributed by atoms with Gasteiger partial charge in [-0.15, -0.1) is 0 Å². The van der Waals surface area contributed by atoms with Gasteiger partial charge < -0.3 is 19.3 Å². The molecule has 2 aliphatic heterocycles. The van der Waals surface area contributed by atoms with Crippen molar-refractivity contribution in [1.82, 2.24) is 15.0 Å². The highest BCUT2D eigenvalue weighted by molar-refractivity contribution is 6.00. The van der Waals surface area contributed by atoms with Gasteiger partial charge in [0.2, 0.25) is 5.82 Å². The van der Waals surface area contributed by atoms with E-state index in [0.717, 1.165) is 12.0 Å². The number of amides is 1. The maximum absolute atomic E-state index is 13.4. The number of aliphatic hydroxyl groups excluding tert-OH is 1. The van der Waals surface area contributed by atoms with E-state index in [4.69, 9.17) is 9.26 Å². The minimum atomic E-state index is -0.367. The molecule has 2 saturated heterocycles. The molecule has 30 heavy (non-hydrogen) atoms. The van der Waals surface area contributed by atoms with Crippen molar-refractivity contribution < 1.29 is 19.2 Å².